The molecule has 1 unspecified atom stereocenters. The number of halogens is 2. The lowest BCUT2D eigenvalue weighted by Gasteiger charge is -2.42. The van der Waals surface area contributed by atoms with E-state index in [9.17, 15) is 9.90 Å². The molecule has 108 valence electrons. The summed E-state index contributed by atoms with van der Waals surface area (Å²) >= 11 is 15.5. The van der Waals surface area contributed by atoms with E-state index < -0.39 is 9.39 Å². The zero-order valence-electron chi connectivity index (χ0n) is 10.9. The maximum absolute atomic E-state index is 11.3. The molecule has 0 radical (unpaired) electrons. The zero-order valence-corrected chi connectivity index (χ0v) is 15.4. The van der Waals surface area contributed by atoms with Crippen LogP contribution >= 0.6 is 58.4 Å². The van der Waals surface area contributed by atoms with Gasteiger partial charge in [-0.05, 0) is 37.4 Å². The second-order valence-corrected chi connectivity index (χ2v) is 8.42. The third kappa shape index (κ3) is 2.80. The van der Waals surface area contributed by atoms with Gasteiger partial charge in [0.2, 0.25) is 0 Å². The van der Waals surface area contributed by atoms with Crippen LogP contribution in [-0.4, -0.2) is 26.4 Å². The highest BCUT2D eigenvalue weighted by molar-refractivity contribution is 14.1. The minimum absolute atomic E-state index is 0.0521. The fourth-order valence-electron chi connectivity index (χ4n) is 2.06. The number of carboxylic acids is 1. The quantitative estimate of drug-likeness (QED) is 0.324. The monoisotopic (exact) mass is 441 g/mol. The molecule has 0 spiro atoms. The van der Waals surface area contributed by atoms with Gasteiger partial charge in [0.05, 0.1) is 16.3 Å². The molecule has 0 amide bonds. The predicted octanol–water partition coefficient (Wildman–Crippen LogP) is 4.50. The topological polar surface area (TPSA) is 40.5 Å². The Morgan fingerprint density at radius 3 is 2.80 bits per heavy atom. The fraction of sp³-hybridized carbons (Fsp3) is 0.385. The predicted molar refractivity (Wildman–Crippen MR) is 94.8 cm³/mol. The standard InChI is InChI=1S/C13H13ClINO2S2/c1-7(2)16-12(19)13(15,6-10(17)18)8-4-3-5-9(14)11(8)20-16/h3-5,7H,6H2,1-2H3,(H,17,18). The Morgan fingerprint density at radius 2 is 2.25 bits per heavy atom. The number of rotatable bonds is 3. The summed E-state index contributed by atoms with van der Waals surface area (Å²) in [5.74, 6) is -0.872. The van der Waals surface area contributed by atoms with Gasteiger partial charge in [-0.2, -0.15) is 0 Å². The maximum atomic E-state index is 11.3. The summed E-state index contributed by atoms with van der Waals surface area (Å²) < 4.78 is 1.23. The number of fused-ring (bicyclic) bond motifs is 1. The molecule has 2 rings (SSSR count). The molecule has 0 saturated heterocycles. The minimum Gasteiger partial charge on any atom is -0.481 e. The number of carbonyl (C=O) groups is 1. The van der Waals surface area contributed by atoms with Crippen molar-refractivity contribution in [2.75, 3.05) is 0 Å². The van der Waals surface area contributed by atoms with Crippen molar-refractivity contribution < 1.29 is 9.90 Å². The lowest BCUT2D eigenvalue weighted by molar-refractivity contribution is -0.137. The third-order valence-corrected chi connectivity index (χ3v) is 7.34. The van der Waals surface area contributed by atoms with E-state index in [-0.39, 0.29) is 12.5 Å². The van der Waals surface area contributed by atoms with E-state index in [2.05, 4.69) is 22.6 Å². The number of aliphatic carboxylic acids is 1. The molecule has 1 aliphatic rings. The molecule has 0 saturated carbocycles. The molecule has 1 aromatic carbocycles. The first kappa shape index (κ1) is 16.3. The van der Waals surface area contributed by atoms with Gasteiger partial charge in [-0.1, -0.05) is 58.5 Å². The summed E-state index contributed by atoms with van der Waals surface area (Å²) in [7, 11) is 0. The Kier molecular flexibility index (Phi) is 4.88. The van der Waals surface area contributed by atoms with E-state index in [1.807, 2.05) is 36.4 Å². The summed E-state index contributed by atoms with van der Waals surface area (Å²) in [6, 6.07) is 5.73. The van der Waals surface area contributed by atoms with E-state index in [1.165, 1.54) is 11.9 Å². The van der Waals surface area contributed by atoms with Gasteiger partial charge in [0.25, 0.3) is 0 Å². The Hall–Kier alpha value is -0.0500. The summed E-state index contributed by atoms with van der Waals surface area (Å²) in [6.07, 6.45) is -0.0521. The molecule has 20 heavy (non-hydrogen) atoms. The van der Waals surface area contributed by atoms with Crippen LogP contribution in [0.5, 0.6) is 0 Å². The van der Waals surface area contributed by atoms with Crippen molar-refractivity contribution in [1.29, 1.82) is 0 Å². The van der Waals surface area contributed by atoms with Crippen LogP contribution in [0.4, 0.5) is 0 Å². The van der Waals surface area contributed by atoms with Crippen LogP contribution in [0.2, 0.25) is 5.02 Å². The van der Waals surface area contributed by atoms with Crippen LogP contribution in [-0.2, 0) is 8.22 Å². The molecule has 1 N–H and O–H groups in total. The van der Waals surface area contributed by atoms with Crippen molar-refractivity contribution in [3.63, 3.8) is 0 Å². The molecule has 0 aliphatic carbocycles. The lowest BCUT2D eigenvalue weighted by Crippen LogP contribution is -2.46. The van der Waals surface area contributed by atoms with Crippen molar-refractivity contribution >= 4 is 69.3 Å². The third-order valence-electron chi connectivity index (χ3n) is 2.99. The molecule has 1 aromatic rings. The van der Waals surface area contributed by atoms with Gasteiger partial charge in [0, 0.05) is 6.04 Å². The molecule has 1 atom stereocenters. The average Bonchev–Trinajstić information content (AvgIpc) is 2.33. The summed E-state index contributed by atoms with van der Waals surface area (Å²) in [5, 5.41) is 9.88. The van der Waals surface area contributed by atoms with E-state index in [0.717, 1.165) is 10.5 Å². The summed E-state index contributed by atoms with van der Waals surface area (Å²) in [5.41, 5.74) is 0.889. The van der Waals surface area contributed by atoms with E-state index >= 15 is 0 Å². The number of thiocarbonyl (C=S) groups is 1. The Balaban J connectivity index is 2.63. The Morgan fingerprint density at radius 1 is 1.60 bits per heavy atom. The van der Waals surface area contributed by atoms with Crippen molar-refractivity contribution in [3.05, 3.63) is 28.8 Å². The normalized spacial score (nSPS) is 22.1. The number of hydrogen-bond donors (Lipinski definition) is 1. The molecular weight excluding hydrogens is 429 g/mol. The first-order valence-electron chi connectivity index (χ1n) is 5.98. The van der Waals surface area contributed by atoms with Crippen molar-refractivity contribution in [2.24, 2.45) is 0 Å². The fourth-order valence-corrected chi connectivity index (χ4v) is 5.37. The maximum Gasteiger partial charge on any atom is 0.305 e. The number of alkyl halides is 1. The van der Waals surface area contributed by atoms with Gasteiger partial charge >= 0.3 is 5.97 Å². The molecule has 7 heteroatoms. The van der Waals surface area contributed by atoms with Gasteiger partial charge in [0.15, 0.2) is 0 Å². The number of nitrogens with zero attached hydrogens (tertiary/aromatic N) is 1. The molecule has 0 bridgehead atoms. The molecule has 0 aromatic heterocycles. The number of benzene rings is 1. The van der Waals surface area contributed by atoms with Crippen molar-refractivity contribution in [1.82, 2.24) is 4.31 Å². The number of carboxylic acid groups (broad SMARTS) is 1. The summed E-state index contributed by atoms with van der Waals surface area (Å²) in [4.78, 5) is 12.8. The van der Waals surface area contributed by atoms with Crippen molar-refractivity contribution in [2.45, 2.75) is 34.6 Å². The minimum atomic E-state index is -0.872. The SMILES string of the molecule is CC(C)N1Sc2c(Cl)cccc2C(I)(CC(=O)O)C1=S. The largest absolute Gasteiger partial charge is 0.481 e. The second kappa shape index (κ2) is 5.98. The second-order valence-electron chi connectivity index (χ2n) is 4.80. The van der Waals surface area contributed by atoms with Crippen LogP contribution in [0.3, 0.4) is 0 Å². The zero-order chi connectivity index (χ0) is 15.1. The smallest absolute Gasteiger partial charge is 0.305 e. The van der Waals surface area contributed by atoms with E-state index in [4.69, 9.17) is 23.8 Å². The van der Waals surface area contributed by atoms with Crippen LogP contribution in [0.25, 0.3) is 0 Å². The molecular formula is C13H13ClINO2S2. The Labute approximate surface area is 146 Å². The average molecular weight is 442 g/mol. The molecule has 1 aliphatic heterocycles. The van der Waals surface area contributed by atoms with Crippen LogP contribution in [0, 0.1) is 0 Å². The van der Waals surface area contributed by atoms with Crippen LogP contribution < -0.4 is 0 Å². The highest BCUT2D eigenvalue weighted by Gasteiger charge is 2.45. The van der Waals surface area contributed by atoms with Gasteiger partial charge < -0.3 is 9.41 Å². The van der Waals surface area contributed by atoms with Crippen molar-refractivity contribution in [3.8, 4) is 0 Å². The molecule has 0 fully saturated rings. The van der Waals surface area contributed by atoms with Crippen LogP contribution in [0.1, 0.15) is 25.8 Å². The molecule has 1 heterocycles. The highest BCUT2D eigenvalue weighted by atomic mass is 127. The first-order valence-corrected chi connectivity index (χ1v) is 8.62. The van der Waals surface area contributed by atoms with Crippen LogP contribution in [0.15, 0.2) is 23.1 Å². The van der Waals surface area contributed by atoms with Gasteiger partial charge in [-0.15, -0.1) is 0 Å². The van der Waals surface area contributed by atoms with Gasteiger partial charge in [0.1, 0.15) is 8.41 Å². The summed E-state index contributed by atoms with van der Waals surface area (Å²) in [6.45, 7) is 4.05. The first-order chi connectivity index (χ1) is 9.27. The van der Waals surface area contributed by atoms with Gasteiger partial charge in [-0.3, -0.25) is 4.79 Å². The van der Waals surface area contributed by atoms with E-state index in [0.29, 0.717) is 10.0 Å². The highest BCUT2D eigenvalue weighted by Crippen LogP contribution is 2.51. The number of hydrogen-bond acceptors (Lipinski definition) is 3. The van der Waals surface area contributed by atoms with Gasteiger partial charge in [-0.25, -0.2) is 0 Å². The Bertz CT molecular complexity index is 581. The molecule has 3 nitrogen and oxygen atoms in total. The lowest BCUT2D eigenvalue weighted by atomic mass is 9.94. The van der Waals surface area contributed by atoms with E-state index in [1.54, 1.807) is 0 Å².